The van der Waals surface area contributed by atoms with E-state index in [1.165, 1.54) is 25.7 Å². The van der Waals surface area contributed by atoms with E-state index in [9.17, 15) is 14.7 Å². The zero-order chi connectivity index (χ0) is 31.1. The van der Waals surface area contributed by atoms with Crippen LogP contribution < -0.4 is 10.6 Å². The van der Waals surface area contributed by atoms with E-state index in [0.717, 1.165) is 17.9 Å². The number of ether oxygens (including phenoxy) is 1. The van der Waals surface area contributed by atoms with Crippen LogP contribution in [0.3, 0.4) is 0 Å². The van der Waals surface area contributed by atoms with Gasteiger partial charge in [-0.3, -0.25) is 14.5 Å². The summed E-state index contributed by atoms with van der Waals surface area (Å²) in [5, 5.41) is 16.8. The van der Waals surface area contributed by atoms with E-state index in [-0.39, 0.29) is 47.4 Å². The molecule has 3 N–H and O–H groups in total. The van der Waals surface area contributed by atoms with Crippen molar-refractivity contribution in [1.29, 1.82) is 0 Å². The Morgan fingerprint density at radius 3 is 2.42 bits per heavy atom. The maximum Gasteiger partial charge on any atom is 0.252 e. The number of fused-ring (bicyclic) bond motifs is 1. The number of benzene rings is 2. The second kappa shape index (κ2) is 15.0. The summed E-state index contributed by atoms with van der Waals surface area (Å²) in [4.78, 5) is 30.9. The lowest BCUT2D eigenvalue weighted by Crippen LogP contribution is -2.61. The van der Waals surface area contributed by atoms with Crippen LogP contribution in [0.15, 0.2) is 53.4 Å². The maximum atomic E-state index is 13.7. The number of amides is 2. The number of aromatic hydroxyl groups is 1. The van der Waals surface area contributed by atoms with Gasteiger partial charge in [0, 0.05) is 40.4 Å². The zero-order valence-electron chi connectivity index (χ0n) is 26.8. The highest BCUT2D eigenvalue weighted by Gasteiger charge is 2.42. The van der Waals surface area contributed by atoms with Crippen LogP contribution in [0.5, 0.6) is 5.75 Å². The third-order valence-corrected chi connectivity index (χ3v) is 9.78. The number of hydrogen-bond donors (Lipinski definition) is 3. The molecule has 43 heavy (non-hydrogen) atoms. The number of nitrogens with one attached hydrogen (secondary N) is 2. The fourth-order valence-corrected chi connectivity index (χ4v) is 7.55. The van der Waals surface area contributed by atoms with Crippen molar-refractivity contribution in [3.8, 4) is 5.75 Å². The van der Waals surface area contributed by atoms with Gasteiger partial charge in [0.1, 0.15) is 5.75 Å². The van der Waals surface area contributed by atoms with E-state index in [1.807, 2.05) is 52.8 Å². The average molecular weight is 610 g/mol. The average Bonchev–Trinajstić information content (AvgIpc) is 2.95. The van der Waals surface area contributed by atoms with E-state index >= 15 is 0 Å². The topological polar surface area (TPSA) is 90.9 Å². The van der Waals surface area contributed by atoms with Gasteiger partial charge in [0.2, 0.25) is 5.91 Å². The number of phenols is 1. The van der Waals surface area contributed by atoms with Crippen molar-refractivity contribution in [3.05, 3.63) is 59.7 Å². The Bertz CT molecular complexity index is 1220. The summed E-state index contributed by atoms with van der Waals surface area (Å²) in [7, 11) is 0. The summed E-state index contributed by atoms with van der Waals surface area (Å²) < 4.78 is 6.61. The molecule has 1 heterocycles. The summed E-state index contributed by atoms with van der Waals surface area (Å²) in [6.07, 6.45) is 5.33. The Morgan fingerprint density at radius 2 is 1.74 bits per heavy atom. The molecule has 2 amide bonds. The molecule has 7 nitrogen and oxygen atoms in total. The molecule has 1 saturated carbocycles. The molecule has 5 atom stereocenters. The summed E-state index contributed by atoms with van der Waals surface area (Å²) in [6, 6.07) is 14.6. The Kier molecular flexibility index (Phi) is 11.6. The molecule has 0 radical (unpaired) electrons. The van der Waals surface area contributed by atoms with Crippen molar-refractivity contribution in [1.82, 2.24) is 15.5 Å². The standard InChI is InChI=1S/C35H51N3O4S/c1-23(2)42-32(21-38-20-26-14-11-10-13-25(26)19-30(38)34(41)37-35(4,5)6)29(22-43-27-15-8-7-9-16-27)36-33(40)28-17-12-18-31(39)24(28)3/h7-9,12,15-18,23,25-26,29-30,32,39H,10-11,13-14,19-22H2,1-6H3,(H,36,40)(H,37,41)/t25-,26+,29-,30-,32+/m0/s1. The predicted molar refractivity (Wildman–Crippen MR) is 175 cm³/mol. The van der Waals surface area contributed by atoms with Gasteiger partial charge < -0.3 is 20.5 Å². The van der Waals surface area contributed by atoms with E-state index < -0.39 is 0 Å². The smallest absolute Gasteiger partial charge is 0.252 e. The number of piperidine rings is 1. The van der Waals surface area contributed by atoms with Crippen LogP contribution in [0.25, 0.3) is 0 Å². The number of nitrogens with zero attached hydrogens (tertiary/aromatic N) is 1. The van der Waals surface area contributed by atoms with Crippen molar-refractivity contribution >= 4 is 23.6 Å². The van der Waals surface area contributed by atoms with Crippen LogP contribution in [-0.2, 0) is 9.53 Å². The Hall–Kier alpha value is -2.55. The highest BCUT2D eigenvalue weighted by atomic mass is 32.2. The lowest BCUT2D eigenvalue weighted by Gasteiger charge is -2.47. The first-order valence-electron chi connectivity index (χ1n) is 15.9. The van der Waals surface area contributed by atoms with Crippen molar-refractivity contribution < 1.29 is 19.4 Å². The minimum absolute atomic E-state index is 0.0669. The first kappa shape index (κ1) is 33.3. The summed E-state index contributed by atoms with van der Waals surface area (Å²) in [6.45, 7) is 13.3. The molecule has 0 spiro atoms. The van der Waals surface area contributed by atoms with Gasteiger partial charge in [-0.25, -0.2) is 0 Å². The second-order valence-electron chi connectivity index (χ2n) is 13.6. The van der Waals surface area contributed by atoms with Crippen LogP contribution in [0.4, 0.5) is 0 Å². The van der Waals surface area contributed by atoms with Crippen LogP contribution in [-0.4, -0.2) is 70.5 Å². The summed E-state index contributed by atoms with van der Waals surface area (Å²) >= 11 is 1.68. The molecule has 1 saturated heterocycles. The molecule has 2 fully saturated rings. The SMILES string of the molecule is Cc1c(O)cccc1C(=O)N[C@@H](CSc1ccccc1)[C@@H](CN1C[C@H]2CCCC[C@H]2C[C@H]1C(=O)NC(C)(C)C)OC(C)C. The van der Waals surface area contributed by atoms with Gasteiger partial charge in [0.05, 0.1) is 24.3 Å². The summed E-state index contributed by atoms with van der Waals surface area (Å²) in [5.41, 5.74) is 0.680. The van der Waals surface area contributed by atoms with Crippen LogP contribution in [0, 0.1) is 18.8 Å². The van der Waals surface area contributed by atoms with E-state index in [2.05, 4.69) is 27.7 Å². The van der Waals surface area contributed by atoms with Gasteiger partial charge in [-0.15, -0.1) is 11.8 Å². The molecule has 236 valence electrons. The molecule has 0 unspecified atom stereocenters. The van der Waals surface area contributed by atoms with Crippen molar-refractivity contribution in [2.45, 2.75) is 108 Å². The van der Waals surface area contributed by atoms with Gasteiger partial charge in [-0.2, -0.15) is 0 Å². The van der Waals surface area contributed by atoms with Crippen molar-refractivity contribution in [2.75, 3.05) is 18.8 Å². The number of phenolic OH excluding ortho intramolecular Hbond substituents is 1. The molecule has 2 aromatic carbocycles. The Labute approximate surface area is 262 Å². The predicted octanol–water partition coefficient (Wildman–Crippen LogP) is 6.18. The number of thioether (sulfide) groups is 1. The fourth-order valence-electron chi connectivity index (χ4n) is 6.53. The molecule has 0 bridgehead atoms. The number of rotatable bonds is 11. The maximum absolute atomic E-state index is 13.7. The molecular formula is C35H51N3O4S. The molecule has 2 aliphatic rings. The highest BCUT2D eigenvalue weighted by molar-refractivity contribution is 7.99. The minimum atomic E-state index is -0.345. The van der Waals surface area contributed by atoms with Gasteiger partial charge in [-0.05, 0) is 90.5 Å². The number of carbonyl (C=O) groups is 2. The zero-order valence-corrected chi connectivity index (χ0v) is 27.6. The third-order valence-electron chi connectivity index (χ3n) is 8.65. The number of carbonyl (C=O) groups excluding carboxylic acids is 2. The molecule has 2 aromatic rings. The van der Waals surface area contributed by atoms with E-state index in [0.29, 0.717) is 35.3 Å². The van der Waals surface area contributed by atoms with Crippen molar-refractivity contribution in [2.24, 2.45) is 11.8 Å². The largest absolute Gasteiger partial charge is 0.508 e. The summed E-state index contributed by atoms with van der Waals surface area (Å²) in [5.74, 6) is 1.69. The quantitative estimate of drug-likeness (QED) is 0.264. The molecule has 8 heteroatoms. The van der Waals surface area contributed by atoms with Crippen molar-refractivity contribution in [3.63, 3.8) is 0 Å². The minimum Gasteiger partial charge on any atom is -0.508 e. The van der Waals surface area contributed by atoms with Crippen LogP contribution in [0.1, 0.15) is 82.6 Å². The first-order valence-corrected chi connectivity index (χ1v) is 16.9. The van der Waals surface area contributed by atoms with Gasteiger partial charge in [0.25, 0.3) is 5.91 Å². The Morgan fingerprint density at radius 1 is 1.05 bits per heavy atom. The molecule has 0 aromatic heterocycles. The fraction of sp³-hybridized carbons (Fsp3) is 0.600. The molecular weight excluding hydrogens is 558 g/mol. The highest BCUT2D eigenvalue weighted by Crippen LogP contribution is 2.39. The number of likely N-dealkylation sites (tertiary alicyclic amines) is 1. The molecule has 4 rings (SSSR count). The monoisotopic (exact) mass is 609 g/mol. The second-order valence-corrected chi connectivity index (χ2v) is 14.7. The molecule has 1 aliphatic heterocycles. The van der Waals surface area contributed by atoms with Crippen LogP contribution >= 0.6 is 11.8 Å². The van der Waals surface area contributed by atoms with Gasteiger partial charge in [-0.1, -0.05) is 43.5 Å². The lowest BCUT2D eigenvalue weighted by molar-refractivity contribution is -0.133. The van der Waals surface area contributed by atoms with E-state index in [4.69, 9.17) is 4.74 Å². The normalized spacial score (nSPS) is 22.4. The Balaban J connectivity index is 1.63. The molecule has 1 aliphatic carbocycles. The van der Waals surface area contributed by atoms with E-state index in [1.54, 1.807) is 36.9 Å². The lowest BCUT2D eigenvalue weighted by atomic mass is 9.72. The first-order chi connectivity index (χ1) is 20.4. The van der Waals surface area contributed by atoms with Crippen LogP contribution in [0.2, 0.25) is 0 Å². The third kappa shape index (κ3) is 9.47. The van der Waals surface area contributed by atoms with Gasteiger partial charge in [0.15, 0.2) is 0 Å². The number of hydrogen-bond acceptors (Lipinski definition) is 6. The van der Waals surface area contributed by atoms with Gasteiger partial charge >= 0.3 is 0 Å².